The van der Waals surface area contributed by atoms with Crippen molar-refractivity contribution in [2.75, 3.05) is 0 Å². The van der Waals surface area contributed by atoms with Crippen LogP contribution in [-0.2, 0) is 0 Å². The second kappa shape index (κ2) is 6.26. The molecule has 0 unspecified atom stereocenters. The Morgan fingerprint density at radius 3 is 1.26 bits per heavy atom. The summed E-state index contributed by atoms with van der Waals surface area (Å²) in [7, 11) is 0. The lowest BCUT2D eigenvalue weighted by Gasteiger charge is -2.02. The van der Waals surface area contributed by atoms with Crippen molar-refractivity contribution < 1.29 is 26.3 Å². The van der Waals surface area contributed by atoms with Gasteiger partial charge >= 0.3 is 0 Å². The number of halogens is 6. The molecule has 0 radical (unpaired) electrons. The Balaban J connectivity index is 0.000000218. The van der Waals surface area contributed by atoms with E-state index in [-0.39, 0.29) is 5.82 Å². The Kier molecular flexibility index (Phi) is 4.97. The van der Waals surface area contributed by atoms with Crippen LogP contribution < -0.4 is 0 Å². The van der Waals surface area contributed by atoms with Gasteiger partial charge in [-0.2, -0.15) is 0 Å². The van der Waals surface area contributed by atoms with E-state index in [0.29, 0.717) is 0 Å². The fourth-order valence-electron chi connectivity index (χ4n) is 1.13. The van der Waals surface area contributed by atoms with Gasteiger partial charge in [0.15, 0.2) is 23.3 Å². The van der Waals surface area contributed by atoms with Gasteiger partial charge in [-0.1, -0.05) is 18.2 Å². The standard InChI is InChI=1S/C7H3F5.C6H5F/c1-2-3(8)5(10)7(12)6(11)4(2)9;7-6-4-2-1-3-5-6/h1H3;1-5H. The van der Waals surface area contributed by atoms with Gasteiger partial charge in [-0.15, -0.1) is 0 Å². The third kappa shape index (κ3) is 3.49. The van der Waals surface area contributed by atoms with Gasteiger partial charge in [0.2, 0.25) is 5.82 Å². The van der Waals surface area contributed by atoms with Crippen LogP contribution in [0, 0.1) is 41.8 Å². The van der Waals surface area contributed by atoms with Crippen molar-refractivity contribution in [1.82, 2.24) is 0 Å². The number of rotatable bonds is 0. The molecule has 0 saturated carbocycles. The van der Waals surface area contributed by atoms with Crippen LogP contribution in [0.5, 0.6) is 0 Å². The van der Waals surface area contributed by atoms with Gasteiger partial charge in [0.1, 0.15) is 5.82 Å². The fourth-order valence-corrected chi connectivity index (χ4v) is 1.13. The van der Waals surface area contributed by atoms with Gasteiger partial charge in [-0.05, 0) is 19.1 Å². The van der Waals surface area contributed by atoms with Gasteiger partial charge < -0.3 is 0 Å². The van der Waals surface area contributed by atoms with E-state index in [2.05, 4.69) is 0 Å². The summed E-state index contributed by atoms with van der Waals surface area (Å²) in [5.41, 5.74) is -0.869. The molecule has 0 N–H and O–H groups in total. The Hall–Kier alpha value is -1.98. The zero-order valence-corrected chi connectivity index (χ0v) is 9.65. The Bertz CT molecular complexity index is 460. The molecule has 0 spiro atoms. The van der Waals surface area contributed by atoms with E-state index in [9.17, 15) is 26.3 Å². The quantitative estimate of drug-likeness (QED) is 0.377. The van der Waals surface area contributed by atoms with Gasteiger partial charge in [0.25, 0.3) is 0 Å². The van der Waals surface area contributed by atoms with E-state index in [4.69, 9.17) is 0 Å². The summed E-state index contributed by atoms with van der Waals surface area (Å²) in [4.78, 5) is 0. The molecule has 0 fully saturated rings. The maximum Gasteiger partial charge on any atom is 0.200 e. The molecule has 2 aromatic rings. The topological polar surface area (TPSA) is 0 Å². The lowest BCUT2D eigenvalue weighted by Crippen LogP contribution is -2.03. The summed E-state index contributed by atoms with van der Waals surface area (Å²) >= 11 is 0. The van der Waals surface area contributed by atoms with Crippen molar-refractivity contribution in [3.05, 3.63) is 70.8 Å². The molecule has 0 aliphatic heterocycles. The highest BCUT2D eigenvalue weighted by Crippen LogP contribution is 2.21. The van der Waals surface area contributed by atoms with Gasteiger partial charge in [0, 0.05) is 5.56 Å². The highest BCUT2D eigenvalue weighted by atomic mass is 19.2. The highest BCUT2D eigenvalue weighted by Gasteiger charge is 2.22. The minimum absolute atomic E-state index is 0.178. The number of benzene rings is 2. The van der Waals surface area contributed by atoms with E-state index in [1.807, 2.05) is 0 Å². The smallest absolute Gasteiger partial charge is 0.200 e. The van der Waals surface area contributed by atoms with Crippen LogP contribution in [0.4, 0.5) is 26.3 Å². The first-order valence-electron chi connectivity index (χ1n) is 5.04. The molecule has 0 atom stereocenters. The van der Waals surface area contributed by atoms with Crippen molar-refractivity contribution in [3.63, 3.8) is 0 Å². The monoisotopic (exact) mass is 278 g/mol. The second-order valence-electron chi connectivity index (χ2n) is 3.49. The molecule has 102 valence electrons. The molecule has 6 heteroatoms. The zero-order valence-electron chi connectivity index (χ0n) is 9.65. The molecule has 0 bridgehead atoms. The summed E-state index contributed by atoms with van der Waals surface area (Å²) < 4.78 is 73.5. The molecule has 0 aliphatic carbocycles. The third-order valence-corrected chi connectivity index (χ3v) is 2.16. The van der Waals surface area contributed by atoms with E-state index in [0.717, 1.165) is 6.92 Å². The first-order chi connectivity index (χ1) is 8.86. The Morgan fingerprint density at radius 1 is 0.579 bits per heavy atom. The van der Waals surface area contributed by atoms with Gasteiger partial charge in [-0.3, -0.25) is 0 Å². The molecule has 0 heterocycles. The summed E-state index contributed by atoms with van der Waals surface area (Å²) in [6.07, 6.45) is 0. The van der Waals surface area contributed by atoms with E-state index < -0.39 is 34.6 Å². The lowest BCUT2D eigenvalue weighted by molar-refractivity contribution is 0.373. The molecular weight excluding hydrogens is 270 g/mol. The molecule has 0 amide bonds. The average molecular weight is 278 g/mol. The zero-order chi connectivity index (χ0) is 14.6. The van der Waals surface area contributed by atoms with Gasteiger partial charge in [0.05, 0.1) is 0 Å². The second-order valence-corrected chi connectivity index (χ2v) is 3.49. The SMILES string of the molecule is Cc1c(F)c(F)c(F)c(F)c1F.Fc1ccccc1. The predicted molar refractivity (Wildman–Crippen MR) is 57.4 cm³/mol. The van der Waals surface area contributed by atoms with Crippen LogP contribution in [0.1, 0.15) is 5.56 Å². The Morgan fingerprint density at radius 2 is 0.947 bits per heavy atom. The van der Waals surface area contributed by atoms with Crippen LogP contribution in [0.3, 0.4) is 0 Å². The van der Waals surface area contributed by atoms with Crippen LogP contribution in [-0.4, -0.2) is 0 Å². The largest absolute Gasteiger partial charge is 0.207 e. The van der Waals surface area contributed by atoms with Crippen molar-refractivity contribution in [2.24, 2.45) is 0 Å². The molecule has 2 aromatic carbocycles. The molecule has 0 aromatic heterocycles. The lowest BCUT2D eigenvalue weighted by atomic mass is 10.2. The minimum Gasteiger partial charge on any atom is -0.207 e. The van der Waals surface area contributed by atoms with Crippen LogP contribution in [0.15, 0.2) is 30.3 Å². The number of hydrogen-bond acceptors (Lipinski definition) is 0. The molecule has 2 rings (SSSR count). The molecule has 0 saturated heterocycles. The summed E-state index contributed by atoms with van der Waals surface area (Å²) in [5, 5.41) is 0. The predicted octanol–water partition coefficient (Wildman–Crippen LogP) is 4.52. The summed E-state index contributed by atoms with van der Waals surface area (Å²) in [5.74, 6) is -9.70. The molecule has 0 nitrogen and oxygen atoms in total. The maximum atomic E-state index is 12.4. The van der Waals surface area contributed by atoms with Crippen molar-refractivity contribution >= 4 is 0 Å². The first kappa shape index (κ1) is 15.1. The average Bonchev–Trinajstić information content (AvgIpc) is 2.42. The van der Waals surface area contributed by atoms with E-state index in [1.54, 1.807) is 18.2 Å². The third-order valence-electron chi connectivity index (χ3n) is 2.16. The van der Waals surface area contributed by atoms with E-state index in [1.165, 1.54) is 12.1 Å². The first-order valence-corrected chi connectivity index (χ1v) is 5.04. The molecular formula is C13H8F6. The van der Waals surface area contributed by atoms with Gasteiger partial charge in [-0.25, -0.2) is 26.3 Å². The fraction of sp³-hybridized carbons (Fsp3) is 0.0769. The minimum atomic E-state index is -2.13. The van der Waals surface area contributed by atoms with Crippen molar-refractivity contribution in [3.8, 4) is 0 Å². The van der Waals surface area contributed by atoms with Crippen LogP contribution >= 0.6 is 0 Å². The highest BCUT2D eigenvalue weighted by molar-refractivity contribution is 5.22. The maximum absolute atomic E-state index is 12.4. The summed E-state index contributed by atoms with van der Waals surface area (Å²) in [6, 6.07) is 7.94. The molecule has 0 aliphatic rings. The van der Waals surface area contributed by atoms with Crippen molar-refractivity contribution in [2.45, 2.75) is 6.92 Å². The summed E-state index contributed by atoms with van der Waals surface area (Å²) in [6.45, 7) is 0.816. The van der Waals surface area contributed by atoms with Crippen molar-refractivity contribution in [1.29, 1.82) is 0 Å². The van der Waals surface area contributed by atoms with Crippen LogP contribution in [0.25, 0.3) is 0 Å². The number of hydrogen-bond donors (Lipinski definition) is 0. The normalized spacial score (nSPS) is 9.84. The van der Waals surface area contributed by atoms with Crippen LogP contribution in [0.2, 0.25) is 0 Å². The van der Waals surface area contributed by atoms with E-state index >= 15 is 0 Å². The molecule has 19 heavy (non-hydrogen) atoms. The Labute approximate surface area is 105 Å².